The summed E-state index contributed by atoms with van der Waals surface area (Å²) in [7, 11) is 0. The zero-order valence-corrected chi connectivity index (χ0v) is 7.74. The van der Waals surface area contributed by atoms with E-state index in [9.17, 15) is 0 Å². The summed E-state index contributed by atoms with van der Waals surface area (Å²) in [4.78, 5) is 1.10. The summed E-state index contributed by atoms with van der Waals surface area (Å²) in [5.74, 6) is 2.64. The van der Waals surface area contributed by atoms with Gasteiger partial charge in [-0.2, -0.15) is 0 Å². The molecule has 0 heterocycles. The summed E-state index contributed by atoms with van der Waals surface area (Å²) in [6.07, 6.45) is 10.2. The Bertz CT molecular complexity index is 331. The molecular formula is C11H9S. The summed E-state index contributed by atoms with van der Waals surface area (Å²) in [5, 5.41) is 0. The Kier molecular flexibility index (Phi) is 3.01. The zero-order chi connectivity index (χ0) is 8.97. The highest BCUT2D eigenvalue weighted by atomic mass is 32.2. The Balaban J connectivity index is 3.34. The summed E-state index contributed by atoms with van der Waals surface area (Å²) in [5.41, 5.74) is 1.80. The van der Waals surface area contributed by atoms with E-state index in [1.54, 1.807) is 11.8 Å². The second-order valence-corrected chi connectivity index (χ2v) is 3.05. The number of hydrogen-bond acceptors (Lipinski definition) is 1. The molecule has 1 heteroatoms. The molecule has 0 aliphatic rings. The van der Waals surface area contributed by atoms with Gasteiger partial charge < -0.3 is 0 Å². The molecule has 0 N–H and O–H groups in total. The van der Waals surface area contributed by atoms with Gasteiger partial charge in [0, 0.05) is 10.5 Å². The van der Waals surface area contributed by atoms with E-state index in [4.69, 9.17) is 6.42 Å². The van der Waals surface area contributed by atoms with Crippen molar-refractivity contribution in [2.75, 3.05) is 6.26 Å². The van der Waals surface area contributed by atoms with Crippen molar-refractivity contribution in [2.45, 2.75) is 4.90 Å². The molecule has 0 nitrogen and oxygen atoms in total. The van der Waals surface area contributed by atoms with E-state index in [0.717, 1.165) is 16.0 Å². The molecule has 0 atom stereocenters. The van der Waals surface area contributed by atoms with Gasteiger partial charge in [0.1, 0.15) is 0 Å². The van der Waals surface area contributed by atoms with Gasteiger partial charge in [-0.05, 0) is 24.0 Å². The quantitative estimate of drug-likeness (QED) is 0.489. The average molecular weight is 173 g/mol. The van der Waals surface area contributed by atoms with Gasteiger partial charge >= 0.3 is 0 Å². The minimum Gasteiger partial charge on any atom is -0.128 e. The van der Waals surface area contributed by atoms with Gasteiger partial charge in [0.15, 0.2) is 0 Å². The number of terminal acetylenes is 1. The summed E-state index contributed by atoms with van der Waals surface area (Å²) in [6, 6.07) is 5.88. The van der Waals surface area contributed by atoms with Crippen LogP contribution in [0.5, 0.6) is 0 Å². The smallest absolute Gasteiger partial charge is 0.0456 e. The largest absolute Gasteiger partial charge is 0.128 e. The molecule has 1 aromatic rings. The molecule has 0 fully saturated rings. The van der Waals surface area contributed by atoms with Gasteiger partial charge in [0.05, 0.1) is 0 Å². The van der Waals surface area contributed by atoms with Crippen molar-refractivity contribution in [3.05, 3.63) is 42.0 Å². The van der Waals surface area contributed by atoms with Crippen LogP contribution < -0.4 is 0 Å². The highest BCUT2D eigenvalue weighted by Gasteiger charge is 2.01. The highest BCUT2D eigenvalue weighted by Crippen LogP contribution is 2.22. The Hall–Kier alpha value is -1.13. The molecule has 59 valence electrons. The van der Waals surface area contributed by atoms with Crippen LogP contribution >= 0.6 is 11.8 Å². The summed E-state index contributed by atoms with van der Waals surface area (Å²) in [6.45, 7) is 3.59. The monoisotopic (exact) mass is 173 g/mol. The van der Waals surface area contributed by atoms with Crippen LogP contribution in [0.3, 0.4) is 0 Å². The summed E-state index contributed by atoms with van der Waals surface area (Å²) >= 11 is 1.64. The van der Waals surface area contributed by atoms with Gasteiger partial charge in [0.25, 0.3) is 0 Å². The number of rotatable bonds is 2. The minimum absolute atomic E-state index is 0.889. The molecule has 0 aliphatic carbocycles. The first kappa shape index (κ1) is 8.96. The van der Waals surface area contributed by atoms with Crippen molar-refractivity contribution in [2.24, 2.45) is 0 Å². The van der Waals surface area contributed by atoms with Crippen LogP contribution in [0.4, 0.5) is 0 Å². The first-order valence-electron chi connectivity index (χ1n) is 3.50. The van der Waals surface area contributed by atoms with Gasteiger partial charge in [0.2, 0.25) is 0 Å². The fourth-order valence-corrected chi connectivity index (χ4v) is 1.59. The normalized spacial score (nSPS) is 9.00. The molecular weight excluding hydrogens is 164 g/mol. The predicted molar refractivity (Wildman–Crippen MR) is 54.1 cm³/mol. The molecule has 0 aliphatic heterocycles. The molecule has 0 spiro atoms. The number of hydrogen-bond donors (Lipinski definition) is 0. The molecule has 1 rings (SSSR count). The molecule has 0 saturated carbocycles. The van der Waals surface area contributed by atoms with E-state index in [2.05, 4.69) is 18.6 Å². The fourth-order valence-electron chi connectivity index (χ4n) is 0.997. The van der Waals surface area contributed by atoms with Crippen LogP contribution in [0.15, 0.2) is 29.7 Å². The minimum atomic E-state index is 0.889. The lowest BCUT2D eigenvalue weighted by Crippen LogP contribution is -1.85. The van der Waals surface area contributed by atoms with E-state index in [1.165, 1.54) is 0 Å². The van der Waals surface area contributed by atoms with Gasteiger partial charge in [-0.3, -0.25) is 0 Å². The fraction of sp³-hybridized carbons (Fsp3) is 0.0909. The van der Waals surface area contributed by atoms with Crippen molar-refractivity contribution in [1.82, 2.24) is 0 Å². The van der Waals surface area contributed by atoms with Crippen LogP contribution in [-0.2, 0) is 0 Å². The van der Waals surface area contributed by atoms with E-state index in [-0.39, 0.29) is 0 Å². The van der Waals surface area contributed by atoms with Crippen LogP contribution in [-0.4, -0.2) is 6.26 Å². The van der Waals surface area contributed by atoms with Crippen molar-refractivity contribution in [3.63, 3.8) is 0 Å². The third-order valence-electron chi connectivity index (χ3n) is 1.58. The van der Waals surface area contributed by atoms with Crippen molar-refractivity contribution < 1.29 is 0 Å². The highest BCUT2D eigenvalue weighted by molar-refractivity contribution is 7.98. The van der Waals surface area contributed by atoms with Crippen LogP contribution in [0.2, 0.25) is 0 Å². The van der Waals surface area contributed by atoms with E-state index in [0.29, 0.717) is 0 Å². The Morgan fingerprint density at radius 1 is 1.50 bits per heavy atom. The van der Waals surface area contributed by atoms with E-state index < -0.39 is 0 Å². The standard InChI is InChI=1S/C11H9S/c1-4-9-7-6-8-11(12-3)10(9)5-2/h2,6-8H,1H2,3H3. The van der Waals surface area contributed by atoms with Crippen molar-refractivity contribution in [3.8, 4) is 12.3 Å². The average Bonchev–Trinajstić information content (AvgIpc) is 2.16. The lowest BCUT2D eigenvalue weighted by Gasteiger charge is -2.03. The molecule has 12 heavy (non-hydrogen) atoms. The summed E-state index contributed by atoms with van der Waals surface area (Å²) < 4.78 is 0. The van der Waals surface area contributed by atoms with Crippen LogP contribution in [0, 0.1) is 18.4 Å². The molecule has 0 unspecified atom stereocenters. The second kappa shape index (κ2) is 4.04. The lowest BCUT2D eigenvalue weighted by atomic mass is 10.1. The molecule has 1 aromatic carbocycles. The Morgan fingerprint density at radius 2 is 2.25 bits per heavy atom. The van der Waals surface area contributed by atoms with Gasteiger partial charge in [-0.25, -0.2) is 0 Å². The SMILES string of the molecule is C#Cc1c([C]=C)cccc1SC. The number of benzene rings is 1. The first-order chi connectivity index (χ1) is 5.83. The molecule has 1 radical (unpaired) electrons. The molecule has 0 aromatic heterocycles. The third kappa shape index (κ3) is 1.54. The topological polar surface area (TPSA) is 0 Å². The van der Waals surface area contributed by atoms with Crippen molar-refractivity contribution >= 4 is 11.8 Å². The lowest BCUT2D eigenvalue weighted by molar-refractivity contribution is 1.37. The van der Waals surface area contributed by atoms with E-state index >= 15 is 0 Å². The van der Waals surface area contributed by atoms with Gasteiger partial charge in [-0.15, -0.1) is 18.2 Å². The van der Waals surface area contributed by atoms with Crippen LogP contribution in [0.25, 0.3) is 0 Å². The molecule has 0 amide bonds. The maximum atomic E-state index is 5.37. The second-order valence-electron chi connectivity index (χ2n) is 2.20. The third-order valence-corrected chi connectivity index (χ3v) is 2.36. The maximum absolute atomic E-state index is 5.37. The van der Waals surface area contributed by atoms with Crippen molar-refractivity contribution in [1.29, 1.82) is 0 Å². The zero-order valence-electron chi connectivity index (χ0n) is 6.92. The van der Waals surface area contributed by atoms with Crippen LogP contribution in [0.1, 0.15) is 11.1 Å². The Morgan fingerprint density at radius 3 is 2.75 bits per heavy atom. The maximum Gasteiger partial charge on any atom is 0.0456 e. The predicted octanol–water partition coefficient (Wildman–Crippen LogP) is 2.73. The number of thioether (sulfide) groups is 1. The molecule has 0 bridgehead atoms. The Labute approximate surface area is 77.7 Å². The molecule has 0 saturated heterocycles. The van der Waals surface area contributed by atoms with E-state index in [1.807, 2.05) is 24.5 Å². The first-order valence-corrected chi connectivity index (χ1v) is 4.72. The van der Waals surface area contributed by atoms with Gasteiger partial charge in [-0.1, -0.05) is 24.6 Å².